The van der Waals surface area contributed by atoms with Crippen LogP contribution in [0.1, 0.15) is 69.9 Å². The van der Waals surface area contributed by atoms with Crippen LogP contribution in [0.3, 0.4) is 0 Å². The van der Waals surface area contributed by atoms with Gasteiger partial charge in [-0.25, -0.2) is 4.79 Å². The number of pyridine rings is 1. The molecular weight excluding hydrogens is 266 g/mol. The van der Waals surface area contributed by atoms with Gasteiger partial charge in [0.25, 0.3) is 0 Å². The minimum atomic E-state index is -0.535. The third-order valence-corrected chi connectivity index (χ3v) is 3.39. The predicted molar refractivity (Wildman–Crippen MR) is 84.9 cm³/mol. The van der Waals surface area contributed by atoms with Gasteiger partial charge in [-0.2, -0.15) is 0 Å². The number of aryl methyl sites for hydroxylation is 1. The number of unbranched alkanes of at least 4 members (excludes halogenated alkanes) is 2. The highest BCUT2D eigenvalue weighted by atomic mass is 16.5. The topological polar surface area (TPSA) is 48.3 Å². The highest BCUT2D eigenvalue weighted by Crippen LogP contribution is 2.22. The zero-order valence-electron chi connectivity index (χ0n) is 13.9. The van der Waals surface area contributed by atoms with E-state index in [-0.39, 0.29) is 23.0 Å². The molecule has 21 heavy (non-hydrogen) atoms. The molecule has 0 saturated carbocycles. The first-order valence-corrected chi connectivity index (χ1v) is 7.73. The van der Waals surface area contributed by atoms with Crippen LogP contribution < -0.4 is 5.43 Å². The molecule has 0 aromatic carbocycles. The summed E-state index contributed by atoms with van der Waals surface area (Å²) in [6.45, 7) is 11.2. The number of esters is 1. The molecule has 0 aliphatic rings. The van der Waals surface area contributed by atoms with Gasteiger partial charge in [-0.3, -0.25) is 4.79 Å². The largest absolute Gasteiger partial charge is 0.462 e. The Labute approximate surface area is 127 Å². The van der Waals surface area contributed by atoms with E-state index >= 15 is 0 Å². The fourth-order valence-electron chi connectivity index (χ4n) is 2.30. The van der Waals surface area contributed by atoms with E-state index in [2.05, 4.69) is 27.7 Å². The van der Waals surface area contributed by atoms with E-state index in [4.69, 9.17) is 4.74 Å². The van der Waals surface area contributed by atoms with Gasteiger partial charge in [-0.1, -0.05) is 40.5 Å². The van der Waals surface area contributed by atoms with Crippen LogP contribution in [0.15, 0.2) is 17.1 Å². The van der Waals surface area contributed by atoms with E-state index in [1.165, 1.54) is 0 Å². The summed E-state index contributed by atoms with van der Waals surface area (Å²) in [5.41, 5.74) is 0.682. The summed E-state index contributed by atoms with van der Waals surface area (Å²) in [6.07, 6.45) is 4.96. The maximum Gasteiger partial charge on any atom is 0.343 e. The van der Waals surface area contributed by atoms with E-state index in [0.29, 0.717) is 0 Å². The summed E-state index contributed by atoms with van der Waals surface area (Å²) in [5.74, 6) is -0.535. The Bertz CT molecular complexity index is 538. The Kier molecular flexibility index (Phi) is 6.19. The molecule has 1 aromatic rings. The predicted octanol–water partition coefficient (Wildman–Crippen LogP) is 3.51. The summed E-state index contributed by atoms with van der Waals surface area (Å²) in [5, 5.41) is 0. The molecule has 0 aliphatic heterocycles. The second kappa shape index (κ2) is 7.43. The number of rotatable bonds is 6. The van der Waals surface area contributed by atoms with Gasteiger partial charge < -0.3 is 9.30 Å². The monoisotopic (exact) mass is 293 g/mol. The van der Waals surface area contributed by atoms with Crippen molar-refractivity contribution in [2.75, 3.05) is 6.61 Å². The van der Waals surface area contributed by atoms with Crippen molar-refractivity contribution < 1.29 is 9.53 Å². The van der Waals surface area contributed by atoms with E-state index < -0.39 is 5.97 Å². The molecule has 1 heterocycles. The fraction of sp³-hybridized carbons (Fsp3) is 0.647. The average Bonchev–Trinajstić information content (AvgIpc) is 2.39. The second-order valence-corrected chi connectivity index (χ2v) is 6.31. The highest BCUT2D eigenvalue weighted by molar-refractivity contribution is 5.88. The van der Waals surface area contributed by atoms with Gasteiger partial charge in [0.05, 0.1) is 6.61 Å². The van der Waals surface area contributed by atoms with Gasteiger partial charge in [0.2, 0.25) is 0 Å². The fourth-order valence-corrected chi connectivity index (χ4v) is 2.30. The summed E-state index contributed by atoms with van der Waals surface area (Å²) < 4.78 is 6.99. The normalized spacial score (nSPS) is 11.5. The Balaban J connectivity index is 3.24. The zero-order chi connectivity index (χ0) is 16.0. The highest BCUT2D eigenvalue weighted by Gasteiger charge is 2.21. The van der Waals surface area contributed by atoms with Crippen LogP contribution in [-0.4, -0.2) is 17.1 Å². The first-order valence-electron chi connectivity index (χ1n) is 7.73. The molecule has 4 heteroatoms. The number of hydrogen-bond donors (Lipinski definition) is 0. The van der Waals surface area contributed by atoms with Gasteiger partial charge in [-0.05, 0) is 13.3 Å². The van der Waals surface area contributed by atoms with Gasteiger partial charge in [0.1, 0.15) is 5.56 Å². The minimum absolute atomic E-state index is 0.126. The van der Waals surface area contributed by atoms with E-state index in [0.717, 1.165) is 31.5 Å². The van der Waals surface area contributed by atoms with Gasteiger partial charge in [0.15, 0.2) is 5.43 Å². The lowest BCUT2D eigenvalue weighted by atomic mass is 9.90. The van der Waals surface area contributed by atoms with Crippen LogP contribution in [0.25, 0.3) is 0 Å². The Hall–Kier alpha value is -1.58. The van der Waals surface area contributed by atoms with Crippen molar-refractivity contribution in [2.24, 2.45) is 0 Å². The summed E-state index contributed by atoms with van der Waals surface area (Å²) in [7, 11) is 0. The van der Waals surface area contributed by atoms with E-state index in [9.17, 15) is 9.59 Å². The molecule has 0 bridgehead atoms. The van der Waals surface area contributed by atoms with Crippen LogP contribution in [0.4, 0.5) is 0 Å². The van der Waals surface area contributed by atoms with Crippen LogP contribution in [0.2, 0.25) is 0 Å². The molecule has 0 atom stereocenters. The molecule has 0 unspecified atom stereocenters. The first kappa shape index (κ1) is 17.5. The summed E-state index contributed by atoms with van der Waals surface area (Å²) in [4.78, 5) is 24.0. The lowest BCUT2D eigenvalue weighted by Crippen LogP contribution is -2.27. The average molecular weight is 293 g/mol. The number of carbonyl (C=O) groups excluding carboxylic acids is 1. The molecule has 0 saturated heterocycles. The molecule has 0 N–H and O–H groups in total. The molecule has 0 radical (unpaired) electrons. The molecule has 0 amide bonds. The third-order valence-electron chi connectivity index (χ3n) is 3.39. The van der Waals surface area contributed by atoms with Crippen LogP contribution >= 0.6 is 0 Å². The Morgan fingerprint density at radius 2 is 1.90 bits per heavy atom. The number of nitrogens with zero attached hydrogens (tertiary/aromatic N) is 1. The van der Waals surface area contributed by atoms with Crippen molar-refractivity contribution in [3.05, 3.63) is 33.7 Å². The van der Waals surface area contributed by atoms with Gasteiger partial charge in [-0.15, -0.1) is 0 Å². The lowest BCUT2D eigenvalue weighted by molar-refractivity contribution is 0.0523. The van der Waals surface area contributed by atoms with E-state index in [1.807, 2.05) is 4.57 Å². The molecule has 4 nitrogen and oxygen atoms in total. The van der Waals surface area contributed by atoms with Crippen molar-refractivity contribution in [1.29, 1.82) is 0 Å². The molecule has 0 spiro atoms. The SMILES string of the molecule is CCCCCn1cc(C(=O)OCC)c(=O)cc1C(C)(C)C. The van der Waals surface area contributed by atoms with Crippen LogP contribution in [0.5, 0.6) is 0 Å². The summed E-state index contributed by atoms with van der Waals surface area (Å²) in [6, 6.07) is 1.58. The van der Waals surface area contributed by atoms with Crippen molar-refractivity contribution in [3.63, 3.8) is 0 Å². The van der Waals surface area contributed by atoms with Crippen LogP contribution in [-0.2, 0) is 16.7 Å². The zero-order valence-corrected chi connectivity index (χ0v) is 13.9. The smallest absolute Gasteiger partial charge is 0.343 e. The molecule has 1 aromatic heterocycles. The molecular formula is C17H27NO3. The summed E-state index contributed by atoms with van der Waals surface area (Å²) >= 11 is 0. The number of ether oxygens (including phenoxy) is 1. The quantitative estimate of drug-likeness (QED) is 0.595. The maximum absolute atomic E-state index is 12.2. The lowest BCUT2D eigenvalue weighted by Gasteiger charge is -2.25. The minimum Gasteiger partial charge on any atom is -0.462 e. The van der Waals surface area contributed by atoms with Crippen molar-refractivity contribution in [1.82, 2.24) is 4.57 Å². The molecule has 118 valence electrons. The molecule has 0 aliphatic carbocycles. The standard InChI is InChI=1S/C17H27NO3/c1-6-8-9-10-18-12-13(16(20)21-7-2)14(19)11-15(18)17(3,4)5/h11-12H,6-10H2,1-5H3. The van der Waals surface area contributed by atoms with Gasteiger partial charge >= 0.3 is 5.97 Å². The van der Waals surface area contributed by atoms with Gasteiger partial charge in [0, 0.05) is 29.9 Å². The van der Waals surface area contributed by atoms with E-state index in [1.54, 1.807) is 19.2 Å². The van der Waals surface area contributed by atoms with Crippen molar-refractivity contribution >= 4 is 5.97 Å². The molecule has 1 rings (SSSR count). The third kappa shape index (κ3) is 4.73. The number of aromatic nitrogens is 1. The molecule has 0 fully saturated rings. The maximum atomic E-state index is 12.2. The van der Waals surface area contributed by atoms with Crippen molar-refractivity contribution in [2.45, 2.75) is 65.8 Å². The Morgan fingerprint density at radius 3 is 2.43 bits per heavy atom. The number of carbonyl (C=O) groups is 1. The number of hydrogen-bond acceptors (Lipinski definition) is 3. The first-order chi connectivity index (χ1) is 9.81. The second-order valence-electron chi connectivity index (χ2n) is 6.31. The Morgan fingerprint density at radius 1 is 1.24 bits per heavy atom. The van der Waals surface area contributed by atoms with Crippen molar-refractivity contribution in [3.8, 4) is 0 Å². The van der Waals surface area contributed by atoms with Crippen LogP contribution in [0, 0.1) is 0 Å².